The fourth-order valence-corrected chi connectivity index (χ4v) is 1.65. The van der Waals surface area contributed by atoms with Gasteiger partial charge in [0, 0.05) is 17.6 Å². The third-order valence-electron chi connectivity index (χ3n) is 1.62. The van der Waals surface area contributed by atoms with Gasteiger partial charge in [0.05, 0.1) is 0 Å². The predicted octanol–water partition coefficient (Wildman–Crippen LogP) is 2.56. The molecule has 0 amide bonds. The summed E-state index contributed by atoms with van der Waals surface area (Å²) in [6.45, 7) is 0. The number of hydrogen-bond donors (Lipinski definition) is 2. The Balaban J connectivity index is 3.13. The van der Waals surface area contributed by atoms with E-state index in [1.165, 1.54) is 0 Å². The lowest BCUT2D eigenvalue weighted by atomic mass is 10.1. The van der Waals surface area contributed by atoms with Gasteiger partial charge in [-0.25, -0.2) is 0 Å². The maximum absolute atomic E-state index is 10.1. The normalized spacial score (nSPS) is 12.8. The molecule has 0 spiro atoms. The highest BCUT2D eigenvalue weighted by Crippen LogP contribution is 2.12. The van der Waals surface area contributed by atoms with Crippen LogP contribution in [0.4, 0.5) is 0 Å². The smallest absolute Gasteiger partial charge is 0.303 e. The van der Waals surface area contributed by atoms with Crippen molar-refractivity contribution in [3.05, 3.63) is 0 Å². The minimum atomic E-state index is -0.719. The molecule has 0 saturated heterocycles. The van der Waals surface area contributed by atoms with Gasteiger partial charge in [0.1, 0.15) is 0 Å². The fourth-order valence-electron chi connectivity index (χ4n) is 0.926. The summed E-state index contributed by atoms with van der Waals surface area (Å²) >= 11 is 9.82. The maximum Gasteiger partial charge on any atom is 0.303 e. The first-order valence-electron chi connectivity index (χ1n) is 4.12. The van der Waals surface area contributed by atoms with Crippen molar-refractivity contribution in [2.24, 2.45) is 0 Å². The third kappa shape index (κ3) is 8.21. The molecule has 12 heavy (non-hydrogen) atoms. The van der Waals surface area contributed by atoms with Crippen LogP contribution in [0.1, 0.15) is 32.1 Å². The summed E-state index contributed by atoms with van der Waals surface area (Å²) < 4.78 is 0. The zero-order valence-electron chi connectivity index (χ0n) is 7.00. The van der Waals surface area contributed by atoms with Gasteiger partial charge in [0.15, 0.2) is 0 Å². The number of halogens is 1. The quantitative estimate of drug-likeness (QED) is 0.385. The van der Waals surface area contributed by atoms with E-state index in [1.54, 1.807) is 0 Å². The number of aliphatic carboxylic acids is 1. The largest absolute Gasteiger partial charge is 0.481 e. The molecular weight excluding hydrogens is 196 g/mol. The molecule has 0 aromatic heterocycles. The van der Waals surface area contributed by atoms with Crippen LogP contribution >= 0.6 is 24.2 Å². The van der Waals surface area contributed by atoms with E-state index in [-0.39, 0.29) is 6.42 Å². The first kappa shape index (κ1) is 12.1. The van der Waals surface area contributed by atoms with Gasteiger partial charge in [-0.2, -0.15) is 12.6 Å². The van der Waals surface area contributed by atoms with E-state index >= 15 is 0 Å². The standard InChI is InChI=1S/C8H15ClO2S/c9-6-5-7(12)3-1-2-4-8(10)11/h7,12H,1-6H2,(H,10,11). The zero-order valence-corrected chi connectivity index (χ0v) is 8.65. The molecule has 72 valence electrons. The first-order valence-corrected chi connectivity index (χ1v) is 5.17. The van der Waals surface area contributed by atoms with Crippen LogP contribution in [0.15, 0.2) is 0 Å². The number of thiol groups is 1. The Hall–Kier alpha value is 0.110. The van der Waals surface area contributed by atoms with Crippen LogP contribution in [0.2, 0.25) is 0 Å². The van der Waals surface area contributed by atoms with Crippen LogP contribution in [0.3, 0.4) is 0 Å². The molecule has 0 aliphatic heterocycles. The van der Waals surface area contributed by atoms with Crippen LogP contribution in [0, 0.1) is 0 Å². The number of carbonyl (C=O) groups is 1. The molecule has 0 fully saturated rings. The van der Waals surface area contributed by atoms with Gasteiger partial charge >= 0.3 is 5.97 Å². The number of unbranched alkanes of at least 4 members (excludes halogenated alkanes) is 1. The van der Waals surface area contributed by atoms with Gasteiger partial charge in [0.25, 0.3) is 0 Å². The molecular formula is C8H15ClO2S. The Morgan fingerprint density at radius 3 is 2.58 bits per heavy atom. The average molecular weight is 211 g/mol. The van der Waals surface area contributed by atoms with Gasteiger partial charge in [-0.05, 0) is 19.3 Å². The van der Waals surface area contributed by atoms with Crippen molar-refractivity contribution in [3.63, 3.8) is 0 Å². The van der Waals surface area contributed by atoms with Crippen molar-refractivity contribution in [2.75, 3.05) is 5.88 Å². The number of carboxylic acids is 1. The summed E-state index contributed by atoms with van der Waals surface area (Å²) in [5, 5.41) is 8.67. The molecule has 2 nitrogen and oxygen atoms in total. The summed E-state index contributed by atoms with van der Waals surface area (Å²) in [5.74, 6) is -0.0874. The van der Waals surface area contributed by atoms with E-state index in [0.717, 1.165) is 25.7 Å². The maximum atomic E-state index is 10.1. The van der Waals surface area contributed by atoms with Crippen molar-refractivity contribution in [3.8, 4) is 0 Å². The number of alkyl halides is 1. The third-order valence-corrected chi connectivity index (χ3v) is 2.35. The van der Waals surface area contributed by atoms with Gasteiger partial charge in [0.2, 0.25) is 0 Å². The monoisotopic (exact) mass is 210 g/mol. The number of carboxylic acid groups (broad SMARTS) is 1. The van der Waals surface area contributed by atoms with Crippen LogP contribution < -0.4 is 0 Å². The lowest BCUT2D eigenvalue weighted by Crippen LogP contribution is -2.00. The Labute approximate surface area is 83.7 Å². The van der Waals surface area contributed by atoms with Crippen molar-refractivity contribution in [1.82, 2.24) is 0 Å². The molecule has 0 saturated carbocycles. The average Bonchev–Trinajstić information content (AvgIpc) is 1.98. The fraction of sp³-hybridized carbons (Fsp3) is 0.875. The second kappa shape index (κ2) is 7.74. The first-order chi connectivity index (χ1) is 5.66. The van der Waals surface area contributed by atoms with Crippen LogP contribution in [-0.2, 0) is 4.79 Å². The van der Waals surface area contributed by atoms with Crippen LogP contribution in [-0.4, -0.2) is 22.2 Å². The van der Waals surface area contributed by atoms with Crippen molar-refractivity contribution >= 4 is 30.2 Å². The second-order valence-corrected chi connectivity index (χ2v) is 3.88. The summed E-state index contributed by atoms with van der Waals surface area (Å²) in [5.41, 5.74) is 0. The molecule has 0 radical (unpaired) electrons. The molecule has 0 aromatic carbocycles. The van der Waals surface area contributed by atoms with E-state index in [0.29, 0.717) is 11.1 Å². The summed E-state index contributed by atoms with van der Waals surface area (Å²) in [4.78, 5) is 10.1. The molecule has 0 bridgehead atoms. The molecule has 0 aromatic rings. The SMILES string of the molecule is O=C(O)CCCCC(S)CCCl. The van der Waals surface area contributed by atoms with E-state index in [2.05, 4.69) is 12.6 Å². The molecule has 4 heteroatoms. The second-order valence-electron chi connectivity index (χ2n) is 2.77. The minimum Gasteiger partial charge on any atom is -0.481 e. The van der Waals surface area contributed by atoms with E-state index in [1.807, 2.05) is 0 Å². The highest BCUT2D eigenvalue weighted by molar-refractivity contribution is 7.80. The van der Waals surface area contributed by atoms with Gasteiger partial charge in [-0.15, -0.1) is 11.6 Å². The predicted molar refractivity (Wildman–Crippen MR) is 54.2 cm³/mol. The molecule has 0 rings (SSSR count). The van der Waals surface area contributed by atoms with Crippen molar-refractivity contribution < 1.29 is 9.90 Å². The summed E-state index contributed by atoms with van der Waals surface area (Å²) in [7, 11) is 0. The Morgan fingerprint density at radius 2 is 2.08 bits per heavy atom. The molecule has 1 N–H and O–H groups in total. The topological polar surface area (TPSA) is 37.3 Å². The molecule has 0 heterocycles. The molecule has 1 atom stereocenters. The number of hydrogen-bond acceptors (Lipinski definition) is 2. The Bertz CT molecular complexity index is 130. The lowest BCUT2D eigenvalue weighted by Gasteiger charge is -2.06. The zero-order chi connectivity index (χ0) is 9.40. The van der Waals surface area contributed by atoms with Crippen LogP contribution in [0.5, 0.6) is 0 Å². The summed E-state index contributed by atoms with van der Waals surface area (Å²) in [6.07, 6.45) is 3.80. The van der Waals surface area contributed by atoms with Crippen LogP contribution in [0.25, 0.3) is 0 Å². The highest BCUT2D eigenvalue weighted by Gasteiger charge is 2.02. The Kier molecular flexibility index (Phi) is 7.81. The van der Waals surface area contributed by atoms with E-state index in [4.69, 9.17) is 16.7 Å². The molecule has 1 unspecified atom stereocenters. The van der Waals surface area contributed by atoms with E-state index < -0.39 is 5.97 Å². The summed E-state index contributed by atoms with van der Waals surface area (Å²) in [6, 6.07) is 0. The van der Waals surface area contributed by atoms with Gasteiger partial charge < -0.3 is 5.11 Å². The van der Waals surface area contributed by atoms with E-state index in [9.17, 15) is 4.79 Å². The lowest BCUT2D eigenvalue weighted by molar-refractivity contribution is -0.137. The van der Waals surface area contributed by atoms with Gasteiger partial charge in [-0.1, -0.05) is 6.42 Å². The number of rotatable bonds is 7. The minimum absolute atomic E-state index is 0.265. The van der Waals surface area contributed by atoms with Crippen molar-refractivity contribution in [1.29, 1.82) is 0 Å². The molecule has 0 aliphatic carbocycles. The van der Waals surface area contributed by atoms with Crippen molar-refractivity contribution in [2.45, 2.75) is 37.4 Å². The highest BCUT2D eigenvalue weighted by atomic mass is 35.5. The molecule has 0 aliphatic rings. The Morgan fingerprint density at radius 1 is 1.42 bits per heavy atom. The van der Waals surface area contributed by atoms with Gasteiger partial charge in [-0.3, -0.25) is 4.79 Å².